The first-order valence-corrected chi connectivity index (χ1v) is 7.84. The standard InChI is InChI=1S/C17H17BrN2O2/c1-2-9-19-17(22)15(20-10-4-3-8-16(20)21)12-13-6-5-7-14(18)11-13/h3-8,10-12H,2,9H2,1H3,(H,19,22). The average Bonchev–Trinajstić information content (AvgIpc) is 2.51. The number of aromatic nitrogens is 1. The predicted octanol–water partition coefficient (Wildman–Crippen LogP) is 3.14. The lowest BCUT2D eigenvalue weighted by atomic mass is 10.2. The Kier molecular flexibility index (Phi) is 5.72. The van der Waals surface area contributed by atoms with Crippen molar-refractivity contribution in [2.75, 3.05) is 6.54 Å². The Hall–Kier alpha value is -2.14. The third kappa shape index (κ3) is 4.18. The molecule has 0 aliphatic rings. The molecule has 0 bridgehead atoms. The summed E-state index contributed by atoms with van der Waals surface area (Å²) in [6, 6.07) is 12.4. The van der Waals surface area contributed by atoms with Crippen molar-refractivity contribution in [3.05, 3.63) is 69.1 Å². The van der Waals surface area contributed by atoms with E-state index in [1.165, 1.54) is 10.6 Å². The highest BCUT2D eigenvalue weighted by Gasteiger charge is 2.12. The van der Waals surface area contributed by atoms with E-state index in [1.807, 2.05) is 31.2 Å². The summed E-state index contributed by atoms with van der Waals surface area (Å²) < 4.78 is 2.27. The van der Waals surface area contributed by atoms with E-state index < -0.39 is 0 Å². The van der Waals surface area contributed by atoms with E-state index in [0.717, 1.165) is 16.5 Å². The maximum atomic E-state index is 12.4. The highest BCUT2D eigenvalue weighted by molar-refractivity contribution is 9.10. The van der Waals surface area contributed by atoms with Crippen LogP contribution in [0.4, 0.5) is 0 Å². The molecule has 0 aliphatic heterocycles. The maximum absolute atomic E-state index is 12.4. The molecule has 0 aliphatic carbocycles. The van der Waals surface area contributed by atoms with Crippen molar-refractivity contribution >= 4 is 33.6 Å². The molecule has 0 unspecified atom stereocenters. The lowest BCUT2D eigenvalue weighted by molar-refractivity contribution is -0.115. The summed E-state index contributed by atoms with van der Waals surface area (Å²) in [4.78, 5) is 24.4. The molecule has 0 saturated carbocycles. The van der Waals surface area contributed by atoms with Crippen LogP contribution >= 0.6 is 15.9 Å². The monoisotopic (exact) mass is 360 g/mol. The molecule has 2 aromatic rings. The number of rotatable bonds is 5. The molecule has 1 aromatic heterocycles. The van der Waals surface area contributed by atoms with E-state index in [4.69, 9.17) is 0 Å². The van der Waals surface area contributed by atoms with Crippen molar-refractivity contribution in [1.29, 1.82) is 0 Å². The molecule has 0 radical (unpaired) electrons. The van der Waals surface area contributed by atoms with Gasteiger partial charge in [-0.15, -0.1) is 0 Å². The van der Waals surface area contributed by atoms with E-state index in [-0.39, 0.29) is 11.5 Å². The number of benzene rings is 1. The molecule has 4 nitrogen and oxygen atoms in total. The van der Waals surface area contributed by atoms with Crippen LogP contribution in [-0.2, 0) is 4.79 Å². The molecule has 1 heterocycles. The summed E-state index contributed by atoms with van der Waals surface area (Å²) in [5, 5.41) is 2.81. The van der Waals surface area contributed by atoms with E-state index in [1.54, 1.807) is 24.4 Å². The van der Waals surface area contributed by atoms with Gasteiger partial charge in [0.2, 0.25) is 0 Å². The second kappa shape index (κ2) is 7.75. The molecule has 114 valence electrons. The Morgan fingerprint density at radius 2 is 2.09 bits per heavy atom. The number of nitrogens with zero attached hydrogens (tertiary/aromatic N) is 1. The fraction of sp³-hybridized carbons (Fsp3) is 0.176. The van der Waals surface area contributed by atoms with Crippen LogP contribution in [0.25, 0.3) is 11.8 Å². The van der Waals surface area contributed by atoms with Gasteiger partial charge in [0.25, 0.3) is 11.5 Å². The Bertz CT molecular complexity index is 750. The SMILES string of the molecule is CCCNC(=O)C(=Cc1cccc(Br)c1)n1ccccc1=O. The van der Waals surface area contributed by atoms with Gasteiger partial charge in [-0.1, -0.05) is 41.1 Å². The van der Waals surface area contributed by atoms with Crippen molar-refractivity contribution < 1.29 is 4.79 Å². The van der Waals surface area contributed by atoms with Crippen molar-refractivity contribution in [2.24, 2.45) is 0 Å². The summed E-state index contributed by atoms with van der Waals surface area (Å²) in [6.45, 7) is 2.54. The molecule has 2 rings (SSSR count). The normalized spacial score (nSPS) is 11.3. The molecule has 0 spiro atoms. The highest BCUT2D eigenvalue weighted by atomic mass is 79.9. The van der Waals surface area contributed by atoms with Gasteiger partial charge in [-0.3, -0.25) is 14.2 Å². The molecular formula is C17H17BrN2O2. The van der Waals surface area contributed by atoms with Gasteiger partial charge >= 0.3 is 0 Å². The van der Waals surface area contributed by atoms with Crippen molar-refractivity contribution in [3.8, 4) is 0 Å². The molecular weight excluding hydrogens is 344 g/mol. The Balaban J connectivity index is 2.48. The number of pyridine rings is 1. The number of hydrogen-bond donors (Lipinski definition) is 1. The average molecular weight is 361 g/mol. The minimum absolute atomic E-state index is 0.240. The highest BCUT2D eigenvalue weighted by Crippen LogP contribution is 2.16. The number of amides is 1. The van der Waals surface area contributed by atoms with Gasteiger partial charge in [-0.05, 0) is 36.3 Å². The van der Waals surface area contributed by atoms with Gasteiger partial charge in [0.1, 0.15) is 5.70 Å². The lowest BCUT2D eigenvalue weighted by Crippen LogP contribution is -2.31. The zero-order valence-electron chi connectivity index (χ0n) is 12.3. The first-order chi connectivity index (χ1) is 10.6. The first kappa shape index (κ1) is 16.2. The maximum Gasteiger partial charge on any atom is 0.268 e. The number of nitrogens with one attached hydrogen (secondary N) is 1. The molecule has 1 N–H and O–H groups in total. The van der Waals surface area contributed by atoms with Crippen LogP contribution in [0, 0.1) is 0 Å². The Morgan fingerprint density at radius 1 is 1.27 bits per heavy atom. The molecule has 5 heteroatoms. The van der Waals surface area contributed by atoms with Gasteiger partial charge in [0.15, 0.2) is 0 Å². The van der Waals surface area contributed by atoms with Gasteiger partial charge < -0.3 is 5.32 Å². The summed E-state index contributed by atoms with van der Waals surface area (Å²) in [5.41, 5.74) is 0.902. The van der Waals surface area contributed by atoms with Gasteiger partial charge in [-0.25, -0.2) is 0 Å². The number of carbonyl (C=O) groups is 1. The van der Waals surface area contributed by atoms with Crippen LogP contribution < -0.4 is 10.9 Å². The fourth-order valence-electron chi connectivity index (χ4n) is 1.95. The van der Waals surface area contributed by atoms with Crippen LogP contribution in [0.15, 0.2) is 57.9 Å². The number of carbonyl (C=O) groups excluding carboxylic acids is 1. The van der Waals surface area contributed by atoms with Gasteiger partial charge in [0, 0.05) is 23.3 Å². The predicted molar refractivity (Wildman–Crippen MR) is 92.3 cm³/mol. The van der Waals surface area contributed by atoms with Crippen molar-refractivity contribution in [1.82, 2.24) is 9.88 Å². The van der Waals surface area contributed by atoms with Crippen LogP contribution in [0.5, 0.6) is 0 Å². The molecule has 0 saturated heterocycles. The number of hydrogen-bond acceptors (Lipinski definition) is 2. The summed E-state index contributed by atoms with van der Waals surface area (Å²) in [5.74, 6) is -0.268. The Morgan fingerprint density at radius 3 is 2.77 bits per heavy atom. The second-order valence-electron chi connectivity index (χ2n) is 4.75. The zero-order valence-corrected chi connectivity index (χ0v) is 13.8. The molecule has 0 atom stereocenters. The zero-order chi connectivity index (χ0) is 15.9. The van der Waals surface area contributed by atoms with E-state index in [2.05, 4.69) is 21.2 Å². The summed E-state index contributed by atoms with van der Waals surface area (Å²) in [7, 11) is 0. The van der Waals surface area contributed by atoms with E-state index in [9.17, 15) is 9.59 Å². The summed E-state index contributed by atoms with van der Waals surface area (Å²) in [6.07, 6.45) is 4.13. The van der Waals surface area contributed by atoms with Crippen molar-refractivity contribution in [2.45, 2.75) is 13.3 Å². The molecule has 0 fully saturated rings. The van der Waals surface area contributed by atoms with Crippen molar-refractivity contribution in [3.63, 3.8) is 0 Å². The van der Waals surface area contributed by atoms with Gasteiger partial charge in [-0.2, -0.15) is 0 Å². The largest absolute Gasteiger partial charge is 0.351 e. The van der Waals surface area contributed by atoms with Crippen LogP contribution in [0.3, 0.4) is 0 Å². The quantitative estimate of drug-likeness (QED) is 0.832. The molecule has 1 aromatic carbocycles. The van der Waals surface area contributed by atoms with E-state index >= 15 is 0 Å². The fourth-order valence-corrected chi connectivity index (χ4v) is 2.37. The van der Waals surface area contributed by atoms with Crippen LogP contribution in [0.1, 0.15) is 18.9 Å². The van der Waals surface area contributed by atoms with Gasteiger partial charge in [0.05, 0.1) is 0 Å². The van der Waals surface area contributed by atoms with Crippen LogP contribution in [0.2, 0.25) is 0 Å². The van der Waals surface area contributed by atoms with E-state index in [0.29, 0.717) is 12.2 Å². The summed E-state index contributed by atoms with van der Waals surface area (Å²) >= 11 is 3.40. The smallest absolute Gasteiger partial charge is 0.268 e. The first-order valence-electron chi connectivity index (χ1n) is 7.05. The topological polar surface area (TPSA) is 51.1 Å². The second-order valence-corrected chi connectivity index (χ2v) is 5.67. The number of halogens is 1. The lowest BCUT2D eigenvalue weighted by Gasteiger charge is -2.11. The molecule has 22 heavy (non-hydrogen) atoms. The molecule has 1 amide bonds. The third-order valence-corrected chi connectivity index (χ3v) is 3.50. The minimum Gasteiger partial charge on any atom is -0.351 e. The van der Waals surface area contributed by atoms with Crippen LogP contribution in [-0.4, -0.2) is 17.0 Å². The Labute approximate surface area is 137 Å². The minimum atomic E-state index is -0.268. The third-order valence-electron chi connectivity index (χ3n) is 3.00.